The molecule has 0 radical (unpaired) electrons. The molecule has 0 spiro atoms. The third kappa shape index (κ3) is 3.73. The van der Waals surface area contributed by atoms with Gasteiger partial charge in [-0.2, -0.15) is 0 Å². The lowest BCUT2D eigenvalue weighted by Crippen LogP contribution is -2.22. The van der Waals surface area contributed by atoms with E-state index in [0.717, 1.165) is 16.7 Å². The van der Waals surface area contributed by atoms with Crippen LogP contribution >= 0.6 is 0 Å². The minimum Gasteiger partial charge on any atom is -0.306 e. The third-order valence-corrected chi connectivity index (χ3v) is 3.19. The summed E-state index contributed by atoms with van der Waals surface area (Å²) in [6.07, 6.45) is 3.50. The highest BCUT2D eigenvalue weighted by Gasteiger charge is 2.06. The third-order valence-electron chi connectivity index (χ3n) is 3.19. The summed E-state index contributed by atoms with van der Waals surface area (Å²) in [5.74, 6) is 0.122. The number of rotatable bonds is 5. The molecule has 98 valence electrons. The average Bonchev–Trinajstić information content (AvgIpc) is 2.43. The molecule has 0 aliphatic carbocycles. The molecular formula is C16H18N2O. The van der Waals surface area contributed by atoms with Crippen molar-refractivity contribution in [1.82, 2.24) is 10.3 Å². The quantitative estimate of drug-likeness (QED) is 0.834. The highest BCUT2D eigenvalue weighted by molar-refractivity contribution is 5.97. The molecule has 3 heteroatoms. The summed E-state index contributed by atoms with van der Waals surface area (Å²) in [7, 11) is 0. The SMILES string of the molecule is Cc1ccc(C(=O)CNCc2ccncc2)cc1C. The number of nitrogens with zero attached hydrogens (tertiary/aromatic N) is 1. The predicted octanol–water partition coefficient (Wildman–Crippen LogP) is 2.67. The first-order valence-electron chi connectivity index (χ1n) is 6.37. The van der Waals surface area contributed by atoms with E-state index < -0.39 is 0 Å². The second-order valence-corrected chi connectivity index (χ2v) is 4.68. The molecule has 1 aromatic heterocycles. The molecule has 1 heterocycles. The van der Waals surface area contributed by atoms with Gasteiger partial charge in [0.2, 0.25) is 0 Å². The topological polar surface area (TPSA) is 42.0 Å². The first kappa shape index (κ1) is 13.4. The maximum atomic E-state index is 12.0. The number of hydrogen-bond donors (Lipinski definition) is 1. The van der Waals surface area contributed by atoms with Gasteiger partial charge in [-0.05, 0) is 48.7 Å². The smallest absolute Gasteiger partial charge is 0.176 e. The van der Waals surface area contributed by atoms with Crippen LogP contribution in [0, 0.1) is 13.8 Å². The molecule has 0 saturated carbocycles. The van der Waals surface area contributed by atoms with Crippen molar-refractivity contribution in [2.75, 3.05) is 6.54 Å². The standard InChI is InChI=1S/C16H18N2O/c1-12-3-4-15(9-13(12)2)16(19)11-18-10-14-5-7-17-8-6-14/h3-9,18H,10-11H2,1-2H3. The fourth-order valence-corrected chi connectivity index (χ4v) is 1.84. The van der Waals surface area contributed by atoms with Crippen molar-refractivity contribution in [2.24, 2.45) is 0 Å². The number of benzene rings is 1. The van der Waals surface area contributed by atoms with Gasteiger partial charge in [-0.1, -0.05) is 12.1 Å². The van der Waals surface area contributed by atoms with Gasteiger partial charge >= 0.3 is 0 Å². The van der Waals surface area contributed by atoms with E-state index in [1.54, 1.807) is 12.4 Å². The number of nitrogens with one attached hydrogen (secondary N) is 1. The molecule has 0 saturated heterocycles. The second-order valence-electron chi connectivity index (χ2n) is 4.68. The van der Waals surface area contributed by atoms with Crippen LogP contribution in [0.1, 0.15) is 27.0 Å². The van der Waals surface area contributed by atoms with Gasteiger partial charge in [-0.25, -0.2) is 0 Å². The van der Waals surface area contributed by atoms with E-state index in [2.05, 4.69) is 10.3 Å². The van der Waals surface area contributed by atoms with Crippen molar-refractivity contribution in [3.63, 3.8) is 0 Å². The summed E-state index contributed by atoms with van der Waals surface area (Å²) < 4.78 is 0. The first-order valence-corrected chi connectivity index (χ1v) is 6.37. The molecule has 19 heavy (non-hydrogen) atoms. The van der Waals surface area contributed by atoms with Crippen LogP contribution in [0.4, 0.5) is 0 Å². The molecule has 0 atom stereocenters. The molecule has 0 amide bonds. The Bertz CT molecular complexity index is 564. The second kappa shape index (κ2) is 6.25. The summed E-state index contributed by atoms with van der Waals surface area (Å²) in [5, 5.41) is 3.16. The minimum absolute atomic E-state index is 0.122. The van der Waals surface area contributed by atoms with E-state index in [4.69, 9.17) is 0 Å². The lowest BCUT2D eigenvalue weighted by molar-refractivity contribution is 0.0990. The minimum atomic E-state index is 0.122. The summed E-state index contributed by atoms with van der Waals surface area (Å²) in [6, 6.07) is 9.71. The number of carbonyl (C=O) groups excluding carboxylic acids is 1. The van der Waals surface area contributed by atoms with Gasteiger partial charge in [0.1, 0.15) is 0 Å². The van der Waals surface area contributed by atoms with Gasteiger partial charge in [0, 0.05) is 24.5 Å². The Hall–Kier alpha value is -2.00. The number of aromatic nitrogens is 1. The molecule has 2 rings (SSSR count). The number of ketones is 1. The molecule has 1 aromatic carbocycles. The van der Waals surface area contributed by atoms with Gasteiger partial charge in [-0.15, -0.1) is 0 Å². The highest BCUT2D eigenvalue weighted by atomic mass is 16.1. The Labute approximate surface area is 113 Å². The number of aryl methyl sites for hydroxylation is 2. The number of pyridine rings is 1. The Morgan fingerprint density at radius 3 is 2.53 bits per heavy atom. The molecule has 1 N–H and O–H groups in total. The van der Waals surface area contributed by atoms with Crippen LogP contribution in [-0.4, -0.2) is 17.3 Å². The van der Waals surface area contributed by atoms with Crippen molar-refractivity contribution >= 4 is 5.78 Å². The molecule has 0 unspecified atom stereocenters. The predicted molar refractivity (Wildman–Crippen MR) is 76.2 cm³/mol. The Morgan fingerprint density at radius 1 is 1.11 bits per heavy atom. The summed E-state index contributed by atoms with van der Waals surface area (Å²) in [4.78, 5) is 16.0. The van der Waals surface area contributed by atoms with Gasteiger partial charge in [0.25, 0.3) is 0 Å². The van der Waals surface area contributed by atoms with Crippen LogP contribution in [-0.2, 0) is 6.54 Å². The molecule has 0 fully saturated rings. The van der Waals surface area contributed by atoms with E-state index in [0.29, 0.717) is 13.1 Å². The zero-order valence-electron chi connectivity index (χ0n) is 11.3. The lowest BCUT2D eigenvalue weighted by atomic mass is 10.0. The fourth-order valence-electron chi connectivity index (χ4n) is 1.84. The largest absolute Gasteiger partial charge is 0.306 e. The zero-order chi connectivity index (χ0) is 13.7. The highest BCUT2D eigenvalue weighted by Crippen LogP contribution is 2.10. The van der Waals surface area contributed by atoms with Crippen LogP contribution < -0.4 is 5.32 Å². The number of hydrogen-bond acceptors (Lipinski definition) is 3. The Balaban J connectivity index is 1.89. The summed E-state index contributed by atoms with van der Waals surface area (Å²) >= 11 is 0. The van der Waals surface area contributed by atoms with Crippen molar-refractivity contribution in [3.8, 4) is 0 Å². The van der Waals surface area contributed by atoms with E-state index in [1.807, 2.05) is 44.2 Å². The van der Waals surface area contributed by atoms with E-state index >= 15 is 0 Å². The van der Waals surface area contributed by atoms with Gasteiger partial charge in [0.15, 0.2) is 5.78 Å². The van der Waals surface area contributed by atoms with Crippen molar-refractivity contribution < 1.29 is 4.79 Å². The van der Waals surface area contributed by atoms with E-state index in [1.165, 1.54) is 5.56 Å². The maximum absolute atomic E-state index is 12.0. The molecule has 3 nitrogen and oxygen atoms in total. The van der Waals surface area contributed by atoms with Crippen LogP contribution in [0.5, 0.6) is 0 Å². The molecule has 0 aliphatic heterocycles. The van der Waals surface area contributed by atoms with E-state index in [-0.39, 0.29) is 5.78 Å². The maximum Gasteiger partial charge on any atom is 0.176 e. The van der Waals surface area contributed by atoms with Crippen LogP contribution in [0.15, 0.2) is 42.7 Å². The van der Waals surface area contributed by atoms with Crippen molar-refractivity contribution in [2.45, 2.75) is 20.4 Å². The number of carbonyl (C=O) groups is 1. The normalized spacial score (nSPS) is 10.4. The summed E-state index contributed by atoms with van der Waals surface area (Å²) in [5.41, 5.74) is 4.26. The Kier molecular flexibility index (Phi) is 4.42. The zero-order valence-corrected chi connectivity index (χ0v) is 11.3. The van der Waals surface area contributed by atoms with Crippen molar-refractivity contribution in [3.05, 3.63) is 65.0 Å². The molecule has 0 aliphatic rings. The first-order chi connectivity index (χ1) is 9.16. The van der Waals surface area contributed by atoms with Crippen LogP contribution in [0.25, 0.3) is 0 Å². The van der Waals surface area contributed by atoms with E-state index in [9.17, 15) is 4.79 Å². The van der Waals surface area contributed by atoms with Crippen molar-refractivity contribution in [1.29, 1.82) is 0 Å². The lowest BCUT2D eigenvalue weighted by Gasteiger charge is -2.06. The monoisotopic (exact) mass is 254 g/mol. The molecule has 2 aromatic rings. The van der Waals surface area contributed by atoms with Crippen LogP contribution in [0.2, 0.25) is 0 Å². The van der Waals surface area contributed by atoms with Gasteiger partial charge in [0.05, 0.1) is 6.54 Å². The van der Waals surface area contributed by atoms with Gasteiger partial charge in [-0.3, -0.25) is 9.78 Å². The Morgan fingerprint density at radius 2 is 1.84 bits per heavy atom. The summed E-state index contributed by atoms with van der Waals surface area (Å²) in [6.45, 7) is 5.10. The van der Waals surface area contributed by atoms with Gasteiger partial charge < -0.3 is 5.32 Å². The fraction of sp³-hybridized carbons (Fsp3) is 0.250. The van der Waals surface area contributed by atoms with Crippen LogP contribution in [0.3, 0.4) is 0 Å². The number of Topliss-reactive ketones (excluding diaryl/α,β-unsaturated/α-hetero) is 1. The molecular weight excluding hydrogens is 236 g/mol. The average molecular weight is 254 g/mol. The molecule has 0 bridgehead atoms.